The standard InChI is InChI=1S/C11H23NO2/c1-5-8-12(9(2)3)11(14)7-6-10(4)13/h9-10,13H,5-8H2,1-4H3. The molecule has 0 aromatic carbocycles. The fourth-order valence-electron chi connectivity index (χ4n) is 1.39. The molecule has 1 atom stereocenters. The number of hydrogen-bond acceptors (Lipinski definition) is 2. The first-order valence-corrected chi connectivity index (χ1v) is 5.46. The highest BCUT2D eigenvalue weighted by molar-refractivity contribution is 5.76. The van der Waals surface area contributed by atoms with E-state index in [0.717, 1.165) is 13.0 Å². The lowest BCUT2D eigenvalue weighted by atomic mass is 10.2. The smallest absolute Gasteiger partial charge is 0.222 e. The van der Waals surface area contributed by atoms with E-state index in [1.807, 2.05) is 18.7 Å². The van der Waals surface area contributed by atoms with Crippen molar-refractivity contribution in [3.63, 3.8) is 0 Å². The minimum absolute atomic E-state index is 0.155. The number of amides is 1. The topological polar surface area (TPSA) is 40.5 Å². The number of hydrogen-bond donors (Lipinski definition) is 1. The maximum atomic E-state index is 11.7. The Morgan fingerprint density at radius 2 is 1.93 bits per heavy atom. The van der Waals surface area contributed by atoms with Gasteiger partial charge >= 0.3 is 0 Å². The molecule has 0 aliphatic heterocycles. The number of aliphatic hydroxyl groups is 1. The number of carbonyl (C=O) groups is 1. The quantitative estimate of drug-likeness (QED) is 0.712. The molecule has 0 fully saturated rings. The van der Waals surface area contributed by atoms with Gasteiger partial charge in [-0.2, -0.15) is 0 Å². The van der Waals surface area contributed by atoms with Crippen molar-refractivity contribution in [3.8, 4) is 0 Å². The number of rotatable bonds is 6. The van der Waals surface area contributed by atoms with E-state index in [-0.39, 0.29) is 18.1 Å². The normalized spacial score (nSPS) is 13.0. The second-order valence-electron chi connectivity index (χ2n) is 4.07. The molecule has 0 rings (SSSR count). The largest absolute Gasteiger partial charge is 0.393 e. The number of nitrogens with zero attached hydrogens (tertiary/aromatic N) is 1. The summed E-state index contributed by atoms with van der Waals surface area (Å²) in [7, 11) is 0. The molecule has 0 aliphatic rings. The Hall–Kier alpha value is -0.570. The van der Waals surface area contributed by atoms with E-state index < -0.39 is 0 Å². The van der Waals surface area contributed by atoms with Crippen LogP contribution in [0.4, 0.5) is 0 Å². The van der Waals surface area contributed by atoms with Gasteiger partial charge < -0.3 is 10.0 Å². The first kappa shape index (κ1) is 13.4. The van der Waals surface area contributed by atoms with Crippen LogP contribution in [0.5, 0.6) is 0 Å². The van der Waals surface area contributed by atoms with Crippen LogP contribution < -0.4 is 0 Å². The molecule has 0 aromatic rings. The Morgan fingerprint density at radius 1 is 1.36 bits per heavy atom. The summed E-state index contributed by atoms with van der Waals surface area (Å²) < 4.78 is 0. The zero-order valence-electron chi connectivity index (χ0n) is 9.79. The highest BCUT2D eigenvalue weighted by atomic mass is 16.3. The van der Waals surface area contributed by atoms with Crippen LogP contribution in [0.3, 0.4) is 0 Å². The molecule has 0 bridgehead atoms. The molecule has 0 spiro atoms. The van der Waals surface area contributed by atoms with Gasteiger partial charge in [-0.15, -0.1) is 0 Å². The molecule has 0 aliphatic carbocycles. The van der Waals surface area contributed by atoms with Gasteiger partial charge in [-0.05, 0) is 33.6 Å². The molecule has 0 saturated heterocycles. The van der Waals surface area contributed by atoms with E-state index in [4.69, 9.17) is 5.11 Å². The summed E-state index contributed by atoms with van der Waals surface area (Å²) >= 11 is 0. The number of carbonyl (C=O) groups excluding carboxylic acids is 1. The molecule has 3 nitrogen and oxygen atoms in total. The zero-order chi connectivity index (χ0) is 11.1. The lowest BCUT2D eigenvalue weighted by Crippen LogP contribution is -2.37. The lowest BCUT2D eigenvalue weighted by molar-refractivity contribution is -0.133. The van der Waals surface area contributed by atoms with Crippen molar-refractivity contribution in [3.05, 3.63) is 0 Å². The molecule has 0 saturated carbocycles. The number of aliphatic hydroxyl groups excluding tert-OH is 1. The summed E-state index contributed by atoms with van der Waals surface area (Å²) in [6.07, 6.45) is 1.62. The average molecular weight is 201 g/mol. The van der Waals surface area contributed by atoms with Crippen molar-refractivity contribution in [1.82, 2.24) is 4.90 Å². The fraction of sp³-hybridized carbons (Fsp3) is 0.909. The fourth-order valence-corrected chi connectivity index (χ4v) is 1.39. The van der Waals surface area contributed by atoms with Gasteiger partial charge in [0.25, 0.3) is 0 Å². The Bertz CT molecular complexity index is 167. The van der Waals surface area contributed by atoms with Gasteiger partial charge in [0.1, 0.15) is 0 Å². The van der Waals surface area contributed by atoms with Crippen LogP contribution in [0.2, 0.25) is 0 Å². The van der Waals surface area contributed by atoms with Gasteiger partial charge in [0.2, 0.25) is 5.91 Å². The van der Waals surface area contributed by atoms with Crippen LogP contribution in [0.1, 0.15) is 47.0 Å². The van der Waals surface area contributed by atoms with Crippen LogP contribution in [-0.4, -0.2) is 34.6 Å². The molecular formula is C11H23NO2. The van der Waals surface area contributed by atoms with Gasteiger partial charge in [0.15, 0.2) is 0 Å². The third-order valence-corrected chi connectivity index (χ3v) is 2.18. The van der Waals surface area contributed by atoms with E-state index in [9.17, 15) is 4.79 Å². The van der Waals surface area contributed by atoms with Crippen molar-refractivity contribution < 1.29 is 9.90 Å². The van der Waals surface area contributed by atoms with E-state index in [1.165, 1.54) is 0 Å². The molecule has 84 valence electrons. The molecule has 1 amide bonds. The van der Waals surface area contributed by atoms with Gasteiger partial charge in [-0.3, -0.25) is 4.79 Å². The average Bonchev–Trinajstić information content (AvgIpc) is 2.09. The Kier molecular flexibility index (Phi) is 6.54. The Labute approximate surface area is 87.1 Å². The predicted octanol–water partition coefficient (Wildman–Crippen LogP) is 1.79. The molecule has 14 heavy (non-hydrogen) atoms. The molecule has 1 unspecified atom stereocenters. The zero-order valence-corrected chi connectivity index (χ0v) is 9.79. The van der Waals surface area contributed by atoms with Crippen molar-refractivity contribution in [2.24, 2.45) is 0 Å². The lowest BCUT2D eigenvalue weighted by Gasteiger charge is -2.26. The molecule has 0 aromatic heterocycles. The third-order valence-electron chi connectivity index (χ3n) is 2.18. The van der Waals surface area contributed by atoms with Gasteiger partial charge in [-0.1, -0.05) is 6.92 Å². The summed E-state index contributed by atoms with van der Waals surface area (Å²) in [6, 6.07) is 0.261. The Balaban J connectivity index is 4.02. The van der Waals surface area contributed by atoms with E-state index >= 15 is 0 Å². The second-order valence-corrected chi connectivity index (χ2v) is 4.07. The molecule has 0 radical (unpaired) electrons. The van der Waals surface area contributed by atoms with Crippen LogP contribution >= 0.6 is 0 Å². The minimum Gasteiger partial charge on any atom is -0.393 e. The van der Waals surface area contributed by atoms with Crippen LogP contribution in [0, 0.1) is 0 Å². The second kappa shape index (κ2) is 6.82. The van der Waals surface area contributed by atoms with Crippen LogP contribution in [0.15, 0.2) is 0 Å². The predicted molar refractivity (Wildman–Crippen MR) is 58.1 cm³/mol. The molecule has 1 N–H and O–H groups in total. The van der Waals surface area contributed by atoms with E-state index in [2.05, 4.69) is 6.92 Å². The summed E-state index contributed by atoms with van der Waals surface area (Å²) in [6.45, 7) is 8.65. The first-order valence-electron chi connectivity index (χ1n) is 5.46. The highest BCUT2D eigenvalue weighted by Crippen LogP contribution is 2.06. The molecule has 3 heteroatoms. The van der Waals surface area contributed by atoms with Crippen LogP contribution in [0.25, 0.3) is 0 Å². The molecule has 0 heterocycles. The first-order chi connectivity index (χ1) is 6.49. The summed E-state index contributed by atoms with van der Waals surface area (Å²) in [4.78, 5) is 13.6. The van der Waals surface area contributed by atoms with E-state index in [1.54, 1.807) is 6.92 Å². The van der Waals surface area contributed by atoms with Gasteiger partial charge in [-0.25, -0.2) is 0 Å². The SMILES string of the molecule is CCCN(C(=O)CCC(C)O)C(C)C. The van der Waals surface area contributed by atoms with E-state index in [0.29, 0.717) is 12.8 Å². The molecular weight excluding hydrogens is 178 g/mol. The van der Waals surface area contributed by atoms with Crippen molar-refractivity contribution >= 4 is 5.91 Å². The third kappa shape index (κ3) is 5.22. The Morgan fingerprint density at radius 3 is 2.29 bits per heavy atom. The van der Waals surface area contributed by atoms with Gasteiger partial charge in [0, 0.05) is 19.0 Å². The van der Waals surface area contributed by atoms with Crippen molar-refractivity contribution in [2.45, 2.75) is 59.1 Å². The van der Waals surface area contributed by atoms with Crippen molar-refractivity contribution in [1.29, 1.82) is 0 Å². The maximum Gasteiger partial charge on any atom is 0.222 e. The highest BCUT2D eigenvalue weighted by Gasteiger charge is 2.15. The summed E-state index contributed by atoms with van der Waals surface area (Å²) in [5.74, 6) is 0.155. The monoisotopic (exact) mass is 201 g/mol. The van der Waals surface area contributed by atoms with Gasteiger partial charge in [0.05, 0.1) is 6.10 Å². The van der Waals surface area contributed by atoms with Crippen LogP contribution in [-0.2, 0) is 4.79 Å². The summed E-state index contributed by atoms with van der Waals surface area (Å²) in [5, 5.41) is 9.08. The minimum atomic E-state index is -0.380. The maximum absolute atomic E-state index is 11.7. The summed E-state index contributed by atoms with van der Waals surface area (Å²) in [5.41, 5.74) is 0. The van der Waals surface area contributed by atoms with Crippen molar-refractivity contribution in [2.75, 3.05) is 6.54 Å².